The number of nitrogens with zero attached hydrogens (tertiary/aromatic N) is 3. The molecule has 1 aromatic heterocycles. The van der Waals surface area contributed by atoms with Crippen molar-refractivity contribution in [3.8, 4) is 16.9 Å². The van der Waals surface area contributed by atoms with E-state index in [1.54, 1.807) is 22.9 Å². The van der Waals surface area contributed by atoms with Crippen molar-refractivity contribution in [2.45, 2.75) is 45.1 Å². The molecule has 3 aromatic rings. The number of benzene rings is 2. The standard InChI is InChI=1S/C26H30Cl2N4O3/c27-20-11-12-23(22(28)16-20)32-25(19-9-7-18(8-10-19)6-2-5-15-33)21(17-34)24(29-32)26(35)30-31-13-3-1-4-14-31/h7-12,16,33-34H,1-6,13-15,17H2,(H,30,35). The average Bonchev–Trinajstić information content (AvgIpc) is 3.25. The maximum atomic E-state index is 13.2. The van der Waals surface area contributed by atoms with Gasteiger partial charge in [0, 0.05) is 35.8 Å². The molecule has 35 heavy (non-hydrogen) atoms. The highest BCUT2D eigenvalue weighted by molar-refractivity contribution is 6.35. The third kappa shape index (κ3) is 6.05. The highest BCUT2D eigenvalue weighted by Gasteiger charge is 2.26. The van der Waals surface area contributed by atoms with Gasteiger partial charge in [-0.15, -0.1) is 0 Å². The molecule has 1 amide bonds. The number of aromatic nitrogens is 2. The van der Waals surface area contributed by atoms with E-state index < -0.39 is 0 Å². The van der Waals surface area contributed by atoms with Crippen LogP contribution in [0.15, 0.2) is 42.5 Å². The highest BCUT2D eigenvalue weighted by Crippen LogP contribution is 2.33. The summed E-state index contributed by atoms with van der Waals surface area (Å²) in [4.78, 5) is 13.2. The lowest BCUT2D eigenvalue weighted by Gasteiger charge is -2.26. The van der Waals surface area contributed by atoms with Crippen LogP contribution in [0.25, 0.3) is 16.9 Å². The zero-order valence-corrected chi connectivity index (χ0v) is 21.0. The number of hydrogen-bond acceptors (Lipinski definition) is 5. The summed E-state index contributed by atoms with van der Waals surface area (Å²) in [5, 5.41) is 26.8. The van der Waals surface area contributed by atoms with Crippen molar-refractivity contribution < 1.29 is 15.0 Å². The fourth-order valence-electron chi connectivity index (χ4n) is 4.38. The third-order valence-corrected chi connectivity index (χ3v) is 6.75. The summed E-state index contributed by atoms with van der Waals surface area (Å²) in [6, 6.07) is 13.0. The summed E-state index contributed by atoms with van der Waals surface area (Å²) >= 11 is 12.6. The minimum Gasteiger partial charge on any atom is -0.396 e. The van der Waals surface area contributed by atoms with Crippen molar-refractivity contribution in [3.05, 3.63) is 69.3 Å². The molecule has 1 aliphatic heterocycles. The molecule has 2 heterocycles. The number of halogens is 2. The maximum Gasteiger partial charge on any atom is 0.286 e. The van der Waals surface area contributed by atoms with Gasteiger partial charge in [0.15, 0.2) is 5.69 Å². The number of unbranched alkanes of at least 4 members (excludes halogenated alkanes) is 1. The normalized spacial score (nSPS) is 14.3. The zero-order valence-electron chi connectivity index (χ0n) is 19.5. The number of hydrazine groups is 1. The number of aliphatic hydroxyl groups is 2. The Bertz CT molecular complexity index is 1160. The molecule has 0 aliphatic carbocycles. The Hall–Kier alpha value is -2.42. The minimum absolute atomic E-state index is 0.158. The Balaban J connectivity index is 1.76. The number of carbonyl (C=O) groups is 1. The van der Waals surface area contributed by atoms with Gasteiger partial charge >= 0.3 is 0 Å². The van der Waals surface area contributed by atoms with Crippen LogP contribution in [0.3, 0.4) is 0 Å². The number of amides is 1. The van der Waals surface area contributed by atoms with Gasteiger partial charge in [-0.25, -0.2) is 9.69 Å². The van der Waals surface area contributed by atoms with Gasteiger partial charge in [-0.05, 0) is 55.9 Å². The van der Waals surface area contributed by atoms with Crippen LogP contribution >= 0.6 is 23.2 Å². The Kier molecular flexibility index (Phi) is 8.81. The molecule has 0 bridgehead atoms. The molecule has 4 rings (SSSR count). The molecule has 2 aromatic carbocycles. The summed E-state index contributed by atoms with van der Waals surface area (Å²) in [5.74, 6) is -0.360. The van der Waals surface area contributed by atoms with Crippen molar-refractivity contribution in [2.75, 3.05) is 19.7 Å². The van der Waals surface area contributed by atoms with Crippen molar-refractivity contribution in [1.82, 2.24) is 20.2 Å². The van der Waals surface area contributed by atoms with Crippen LogP contribution in [0, 0.1) is 0 Å². The van der Waals surface area contributed by atoms with E-state index in [1.165, 1.54) is 0 Å². The zero-order chi connectivity index (χ0) is 24.8. The molecule has 0 radical (unpaired) electrons. The molecule has 3 N–H and O–H groups in total. The van der Waals surface area contributed by atoms with Gasteiger partial charge in [0.05, 0.1) is 23.0 Å². The van der Waals surface area contributed by atoms with Crippen molar-refractivity contribution in [1.29, 1.82) is 0 Å². The van der Waals surface area contributed by atoms with Crippen molar-refractivity contribution >= 4 is 29.1 Å². The minimum atomic E-state index is -0.360. The topological polar surface area (TPSA) is 90.6 Å². The summed E-state index contributed by atoms with van der Waals surface area (Å²) in [6.45, 7) is 1.39. The molecule has 1 saturated heterocycles. The maximum absolute atomic E-state index is 13.2. The van der Waals surface area contributed by atoms with E-state index >= 15 is 0 Å². The quantitative estimate of drug-likeness (QED) is 0.356. The van der Waals surface area contributed by atoms with Crippen LogP contribution in [-0.2, 0) is 13.0 Å². The second kappa shape index (κ2) is 12.0. The van der Waals surface area contributed by atoms with Gasteiger partial charge in [-0.3, -0.25) is 10.2 Å². The fourth-order valence-corrected chi connectivity index (χ4v) is 4.87. The molecule has 0 spiro atoms. The molecular formula is C26H30Cl2N4O3. The molecule has 1 fully saturated rings. The molecule has 7 nitrogen and oxygen atoms in total. The third-order valence-electron chi connectivity index (χ3n) is 6.21. The van der Waals surface area contributed by atoms with Crippen LogP contribution in [0.5, 0.6) is 0 Å². The van der Waals surface area contributed by atoms with E-state index in [0.717, 1.165) is 62.7 Å². The van der Waals surface area contributed by atoms with E-state index in [1.807, 2.05) is 29.3 Å². The summed E-state index contributed by atoms with van der Waals surface area (Å²) in [5.41, 5.74) is 6.64. The van der Waals surface area contributed by atoms with Crippen molar-refractivity contribution in [3.63, 3.8) is 0 Å². The first-order valence-electron chi connectivity index (χ1n) is 12.0. The number of aryl methyl sites for hydroxylation is 1. The van der Waals surface area contributed by atoms with E-state index in [0.29, 0.717) is 27.0 Å². The Morgan fingerprint density at radius 2 is 1.74 bits per heavy atom. The first kappa shape index (κ1) is 25.7. The number of hydrogen-bond donors (Lipinski definition) is 3. The first-order valence-corrected chi connectivity index (χ1v) is 12.7. The monoisotopic (exact) mass is 516 g/mol. The van der Waals surface area contributed by atoms with E-state index in [4.69, 9.17) is 28.3 Å². The fraction of sp³-hybridized carbons (Fsp3) is 0.385. The number of rotatable bonds is 9. The predicted octanol–water partition coefficient (Wildman–Crippen LogP) is 4.78. The van der Waals surface area contributed by atoms with Gasteiger partial charge in [0.1, 0.15) is 0 Å². The lowest BCUT2D eigenvalue weighted by atomic mass is 10.0. The molecule has 1 aliphatic rings. The Labute approximate surface area is 215 Å². The smallest absolute Gasteiger partial charge is 0.286 e. The van der Waals surface area contributed by atoms with Crippen LogP contribution in [0.2, 0.25) is 10.0 Å². The average molecular weight is 517 g/mol. The molecule has 0 unspecified atom stereocenters. The van der Waals surface area contributed by atoms with Gasteiger partial charge in [-0.2, -0.15) is 5.10 Å². The van der Waals surface area contributed by atoms with Crippen LogP contribution in [0.4, 0.5) is 0 Å². The van der Waals surface area contributed by atoms with Gasteiger partial charge in [0.2, 0.25) is 0 Å². The van der Waals surface area contributed by atoms with E-state index in [9.17, 15) is 9.90 Å². The van der Waals surface area contributed by atoms with Gasteiger partial charge in [-0.1, -0.05) is 53.9 Å². The molecule has 0 atom stereocenters. The lowest BCUT2D eigenvalue weighted by molar-refractivity contribution is 0.0741. The van der Waals surface area contributed by atoms with Crippen LogP contribution in [-0.4, -0.2) is 50.6 Å². The second-order valence-corrected chi connectivity index (χ2v) is 9.55. The largest absolute Gasteiger partial charge is 0.396 e. The van der Waals surface area contributed by atoms with E-state index in [2.05, 4.69) is 10.5 Å². The van der Waals surface area contributed by atoms with Crippen LogP contribution in [0.1, 0.15) is 53.7 Å². The first-order chi connectivity index (χ1) is 17.0. The molecule has 186 valence electrons. The lowest BCUT2D eigenvalue weighted by Crippen LogP contribution is -2.45. The highest BCUT2D eigenvalue weighted by atomic mass is 35.5. The number of carbonyl (C=O) groups excluding carboxylic acids is 1. The summed E-state index contributed by atoms with van der Waals surface area (Å²) in [6.07, 6.45) is 5.72. The Morgan fingerprint density at radius 1 is 1.00 bits per heavy atom. The number of aliphatic hydroxyl groups excluding tert-OH is 2. The predicted molar refractivity (Wildman–Crippen MR) is 138 cm³/mol. The van der Waals surface area contributed by atoms with Gasteiger partial charge in [0.25, 0.3) is 5.91 Å². The molecule has 9 heteroatoms. The van der Waals surface area contributed by atoms with Gasteiger partial charge < -0.3 is 10.2 Å². The summed E-state index contributed by atoms with van der Waals surface area (Å²) in [7, 11) is 0. The number of nitrogens with one attached hydrogen (secondary N) is 1. The Morgan fingerprint density at radius 3 is 2.40 bits per heavy atom. The summed E-state index contributed by atoms with van der Waals surface area (Å²) < 4.78 is 1.61. The SMILES string of the molecule is O=C(NN1CCCCC1)c1nn(-c2ccc(Cl)cc2Cl)c(-c2ccc(CCCCO)cc2)c1CO. The molecule has 0 saturated carbocycles. The number of piperidine rings is 1. The van der Waals surface area contributed by atoms with Crippen LogP contribution < -0.4 is 5.43 Å². The second-order valence-electron chi connectivity index (χ2n) is 8.71. The molecular weight excluding hydrogens is 487 g/mol. The van der Waals surface area contributed by atoms with Crippen molar-refractivity contribution in [2.24, 2.45) is 0 Å². The van der Waals surface area contributed by atoms with E-state index in [-0.39, 0.29) is 24.8 Å².